The second-order valence-corrected chi connectivity index (χ2v) is 6.47. The van der Waals surface area contributed by atoms with E-state index >= 15 is 0 Å². The molecule has 0 bridgehead atoms. The standard InChI is InChI=1S/C13H28N2O/c1-6-11(16)9-14-10-7-12(2,3)15-13(4,5)8-10/h10-11,14-16H,6-9H2,1-5H3. The number of piperidine rings is 1. The van der Waals surface area contributed by atoms with Crippen molar-refractivity contribution in [3.8, 4) is 0 Å². The molecular formula is C13H28N2O. The summed E-state index contributed by atoms with van der Waals surface area (Å²) in [6.45, 7) is 11.7. The van der Waals surface area contributed by atoms with Crippen LogP contribution in [0.3, 0.4) is 0 Å². The van der Waals surface area contributed by atoms with E-state index in [1.807, 2.05) is 6.92 Å². The zero-order chi connectivity index (χ0) is 12.4. The molecule has 1 aliphatic rings. The minimum atomic E-state index is -0.207. The number of aliphatic hydroxyl groups is 1. The van der Waals surface area contributed by atoms with Gasteiger partial charge in [0.1, 0.15) is 0 Å². The molecule has 0 aromatic rings. The summed E-state index contributed by atoms with van der Waals surface area (Å²) in [5.41, 5.74) is 0.354. The fourth-order valence-corrected chi connectivity index (χ4v) is 2.91. The maximum atomic E-state index is 9.57. The monoisotopic (exact) mass is 228 g/mol. The Balaban J connectivity index is 2.48. The van der Waals surface area contributed by atoms with Gasteiger partial charge in [-0.25, -0.2) is 0 Å². The van der Waals surface area contributed by atoms with Crippen molar-refractivity contribution in [2.24, 2.45) is 0 Å². The summed E-state index contributed by atoms with van der Waals surface area (Å²) in [4.78, 5) is 0. The van der Waals surface area contributed by atoms with Crippen LogP contribution in [-0.2, 0) is 0 Å². The lowest BCUT2D eigenvalue weighted by molar-refractivity contribution is 0.121. The lowest BCUT2D eigenvalue weighted by Crippen LogP contribution is -2.62. The lowest BCUT2D eigenvalue weighted by atomic mass is 9.79. The zero-order valence-corrected chi connectivity index (χ0v) is 11.4. The Kier molecular flexibility index (Phi) is 4.38. The average molecular weight is 228 g/mol. The third-order valence-electron chi connectivity index (χ3n) is 3.30. The van der Waals surface area contributed by atoms with Gasteiger partial charge in [0.25, 0.3) is 0 Å². The van der Waals surface area contributed by atoms with Crippen LogP contribution < -0.4 is 10.6 Å². The first-order valence-electron chi connectivity index (χ1n) is 6.45. The zero-order valence-electron chi connectivity index (χ0n) is 11.4. The van der Waals surface area contributed by atoms with Crippen molar-refractivity contribution in [3.63, 3.8) is 0 Å². The van der Waals surface area contributed by atoms with E-state index in [1.165, 1.54) is 0 Å². The fraction of sp³-hybridized carbons (Fsp3) is 1.00. The quantitative estimate of drug-likeness (QED) is 0.685. The van der Waals surface area contributed by atoms with Crippen LogP contribution in [-0.4, -0.2) is 34.9 Å². The van der Waals surface area contributed by atoms with E-state index in [-0.39, 0.29) is 17.2 Å². The largest absolute Gasteiger partial charge is 0.392 e. The maximum absolute atomic E-state index is 9.57. The number of aliphatic hydroxyl groups excluding tert-OH is 1. The van der Waals surface area contributed by atoms with Crippen molar-refractivity contribution >= 4 is 0 Å². The van der Waals surface area contributed by atoms with E-state index in [9.17, 15) is 5.11 Å². The number of hydrogen-bond acceptors (Lipinski definition) is 3. The topological polar surface area (TPSA) is 44.3 Å². The molecule has 1 atom stereocenters. The first kappa shape index (κ1) is 13.9. The SMILES string of the molecule is CCC(O)CNC1CC(C)(C)NC(C)(C)C1. The van der Waals surface area contributed by atoms with E-state index in [0.717, 1.165) is 19.3 Å². The van der Waals surface area contributed by atoms with Gasteiger partial charge < -0.3 is 15.7 Å². The van der Waals surface area contributed by atoms with Crippen molar-refractivity contribution in [2.45, 2.75) is 77.1 Å². The second kappa shape index (κ2) is 5.03. The van der Waals surface area contributed by atoms with Gasteiger partial charge in [0.05, 0.1) is 6.10 Å². The van der Waals surface area contributed by atoms with Crippen molar-refractivity contribution in [2.75, 3.05) is 6.54 Å². The smallest absolute Gasteiger partial charge is 0.0662 e. The summed E-state index contributed by atoms with van der Waals surface area (Å²) in [6.07, 6.45) is 2.85. The fourth-order valence-electron chi connectivity index (χ4n) is 2.91. The Labute approximate surface area is 100 Å². The Hall–Kier alpha value is -0.120. The summed E-state index contributed by atoms with van der Waals surface area (Å²) >= 11 is 0. The Bertz CT molecular complexity index is 210. The average Bonchev–Trinajstić information content (AvgIpc) is 2.09. The number of nitrogens with one attached hydrogen (secondary N) is 2. The van der Waals surface area contributed by atoms with Crippen molar-refractivity contribution in [1.82, 2.24) is 10.6 Å². The molecule has 3 heteroatoms. The summed E-state index contributed by atoms with van der Waals surface area (Å²) in [5, 5.41) is 16.7. The van der Waals surface area contributed by atoms with Crippen molar-refractivity contribution < 1.29 is 5.11 Å². The minimum Gasteiger partial charge on any atom is -0.392 e. The van der Waals surface area contributed by atoms with Crippen LogP contribution in [0.5, 0.6) is 0 Å². The second-order valence-electron chi connectivity index (χ2n) is 6.47. The third kappa shape index (κ3) is 4.40. The van der Waals surface area contributed by atoms with Gasteiger partial charge in [-0.3, -0.25) is 0 Å². The molecule has 0 spiro atoms. The van der Waals surface area contributed by atoms with Gasteiger partial charge in [-0.1, -0.05) is 6.92 Å². The van der Waals surface area contributed by atoms with Crippen LogP contribution in [0.15, 0.2) is 0 Å². The van der Waals surface area contributed by atoms with E-state index in [1.54, 1.807) is 0 Å². The molecule has 16 heavy (non-hydrogen) atoms. The molecule has 3 N–H and O–H groups in total. The normalized spacial score (nSPS) is 26.6. The first-order valence-corrected chi connectivity index (χ1v) is 6.45. The maximum Gasteiger partial charge on any atom is 0.0662 e. The van der Waals surface area contributed by atoms with Gasteiger partial charge in [0, 0.05) is 23.7 Å². The molecule has 1 aliphatic heterocycles. The number of rotatable bonds is 4. The molecule has 0 aliphatic carbocycles. The van der Waals surface area contributed by atoms with Crippen molar-refractivity contribution in [3.05, 3.63) is 0 Å². The molecular weight excluding hydrogens is 200 g/mol. The first-order chi connectivity index (χ1) is 7.24. The van der Waals surface area contributed by atoms with E-state index < -0.39 is 0 Å². The molecule has 0 radical (unpaired) electrons. The molecule has 96 valence electrons. The summed E-state index contributed by atoms with van der Waals surface area (Å²) < 4.78 is 0. The van der Waals surface area contributed by atoms with Gasteiger partial charge in [-0.05, 0) is 47.0 Å². The third-order valence-corrected chi connectivity index (χ3v) is 3.30. The molecule has 0 amide bonds. The predicted octanol–water partition coefficient (Wildman–Crippen LogP) is 1.66. The minimum absolute atomic E-state index is 0.177. The Morgan fingerprint density at radius 3 is 2.19 bits per heavy atom. The number of hydrogen-bond donors (Lipinski definition) is 3. The Morgan fingerprint density at radius 1 is 1.25 bits per heavy atom. The van der Waals surface area contributed by atoms with E-state index in [4.69, 9.17) is 0 Å². The molecule has 1 rings (SSSR count). The van der Waals surface area contributed by atoms with Crippen LogP contribution in [0.1, 0.15) is 53.9 Å². The highest BCUT2D eigenvalue weighted by atomic mass is 16.3. The van der Waals surface area contributed by atoms with Crippen molar-refractivity contribution in [1.29, 1.82) is 0 Å². The molecule has 1 heterocycles. The van der Waals surface area contributed by atoms with Crippen LogP contribution in [0.25, 0.3) is 0 Å². The van der Waals surface area contributed by atoms with Crippen LogP contribution in [0.2, 0.25) is 0 Å². The van der Waals surface area contributed by atoms with E-state index in [0.29, 0.717) is 12.6 Å². The highest BCUT2D eigenvalue weighted by Crippen LogP contribution is 2.28. The van der Waals surface area contributed by atoms with Crippen LogP contribution >= 0.6 is 0 Å². The predicted molar refractivity (Wildman–Crippen MR) is 68.6 cm³/mol. The molecule has 1 fully saturated rings. The van der Waals surface area contributed by atoms with Gasteiger partial charge >= 0.3 is 0 Å². The van der Waals surface area contributed by atoms with Crippen LogP contribution in [0, 0.1) is 0 Å². The van der Waals surface area contributed by atoms with E-state index in [2.05, 4.69) is 38.3 Å². The molecule has 0 aromatic carbocycles. The molecule has 1 unspecified atom stereocenters. The lowest BCUT2D eigenvalue weighted by Gasteiger charge is -2.47. The van der Waals surface area contributed by atoms with Crippen LogP contribution in [0.4, 0.5) is 0 Å². The van der Waals surface area contributed by atoms with Gasteiger partial charge in [0.15, 0.2) is 0 Å². The van der Waals surface area contributed by atoms with Gasteiger partial charge in [-0.2, -0.15) is 0 Å². The molecule has 0 saturated carbocycles. The molecule has 0 aromatic heterocycles. The molecule has 1 saturated heterocycles. The highest BCUT2D eigenvalue weighted by Gasteiger charge is 2.37. The summed E-state index contributed by atoms with van der Waals surface area (Å²) in [5.74, 6) is 0. The molecule has 3 nitrogen and oxygen atoms in total. The van der Waals surface area contributed by atoms with Gasteiger partial charge in [-0.15, -0.1) is 0 Å². The Morgan fingerprint density at radius 2 is 1.75 bits per heavy atom. The summed E-state index contributed by atoms with van der Waals surface area (Å²) in [7, 11) is 0. The highest BCUT2D eigenvalue weighted by molar-refractivity contribution is 4.99. The summed E-state index contributed by atoms with van der Waals surface area (Å²) in [6, 6.07) is 0.507. The van der Waals surface area contributed by atoms with Gasteiger partial charge in [0.2, 0.25) is 0 Å².